The summed E-state index contributed by atoms with van der Waals surface area (Å²) in [6, 6.07) is 7.13. The minimum absolute atomic E-state index is 0.225. The van der Waals surface area contributed by atoms with Crippen molar-refractivity contribution in [3.05, 3.63) is 41.6 Å². The quantitative estimate of drug-likeness (QED) is 0.442. The number of benzene rings is 1. The van der Waals surface area contributed by atoms with Gasteiger partial charge in [0.25, 0.3) is 0 Å². The molecule has 80 valence electrons. The first-order chi connectivity index (χ1) is 7.08. The van der Waals surface area contributed by atoms with E-state index < -0.39 is 5.97 Å². The van der Waals surface area contributed by atoms with Crippen LogP contribution < -0.4 is 11.5 Å². The van der Waals surface area contributed by atoms with Crippen molar-refractivity contribution in [2.45, 2.75) is 13.5 Å². The fourth-order valence-corrected chi connectivity index (χ4v) is 0.996. The topological polar surface area (TPSA) is 78.3 Å². The second kappa shape index (κ2) is 5.05. The molecule has 0 saturated heterocycles. The standard InChI is InChI=1S/C11H14N2O2/c1-8(12)6-11(14)15-7-9-2-4-10(13)5-3-9/h2-6H,7,12-13H2,1H3/b8-6-. The van der Waals surface area contributed by atoms with Crippen molar-refractivity contribution in [3.8, 4) is 0 Å². The van der Waals surface area contributed by atoms with Crippen LogP contribution in [0.3, 0.4) is 0 Å². The molecule has 1 aromatic carbocycles. The summed E-state index contributed by atoms with van der Waals surface area (Å²) in [5.74, 6) is -0.438. The summed E-state index contributed by atoms with van der Waals surface area (Å²) in [6.45, 7) is 1.85. The highest BCUT2D eigenvalue weighted by Crippen LogP contribution is 2.06. The zero-order valence-electron chi connectivity index (χ0n) is 8.57. The van der Waals surface area contributed by atoms with Gasteiger partial charge in [-0.2, -0.15) is 0 Å². The second-order valence-corrected chi connectivity index (χ2v) is 3.24. The number of hydrogen-bond acceptors (Lipinski definition) is 4. The third kappa shape index (κ3) is 4.17. The first kappa shape index (κ1) is 11.1. The summed E-state index contributed by atoms with van der Waals surface area (Å²) >= 11 is 0. The molecule has 1 rings (SSSR count). The van der Waals surface area contributed by atoms with Crippen LogP contribution in [-0.4, -0.2) is 5.97 Å². The van der Waals surface area contributed by atoms with E-state index in [-0.39, 0.29) is 6.61 Å². The van der Waals surface area contributed by atoms with Gasteiger partial charge in [-0.15, -0.1) is 0 Å². The van der Waals surface area contributed by atoms with Crippen molar-refractivity contribution in [2.75, 3.05) is 5.73 Å². The van der Waals surface area contributed by atoms with E-state index in [2.05, 4.69) is 0 Å². The molecule has 0 radical (unpaired) electrons. The average molecular weight is 206 g/mol. The predicted molar refractivity (Wildman–Crippen MR) is 58.6 cm³/mol. The highest BCUT2D eigenvalue weighted by atomic mass is 16.5. The molecule has 0 aromatic heterocycles. The van der Waals surface area contributed by atoms with Gasteiger partial charge < -0.3 is 16.2 Å². The molecular formula is C11H14N2O2. The fourth-order valence-electron chi connectivity index (χ4n) is 0.996. The molecule has 1 aromatic rings. The third-order valence-electron chi connectivity index (χ3n) is 1.71. The van der Waals surface area contributed by atoms with Gasteiger partial charge in [0.15, 0.2) is 0 Å². The van der Waals surface area contributed by atoms with Gasteiger partial charge in [0.2, 0.25) is 0 Å². The number of carbonyl (C=O) groups is 1. The first-order valence-electron chi connectivity index (χ1n) is 4.53. The highest BCUT2D eigenvalue weighted by molar-refractivity contribution is 5.82. The molecule has 0 unspecified atom stereocenters. The summed E-state index contributed by atoms with van der Waals surface area (Å²) in [6.07, 6.45) is 1.25. The van der Waals surface area contributed by atoms with E-state index >= 15 is 0 Å². The Morgan fingerprint density at radius 2 is 2.00 bits per heavy atom. The van der Waals surface area contributed by atoms with Crippen LogP contribution in [0.4, 0.5) is 5.69 Å². The molecule has 0 saturated carbocycles. The van der Waals surface area contributed by atoms with E-state index in [4.69, 9.17) is 16.2 Å². The maximum atomic E-state index is 11.1. The molecule has 4 nitrogen and oxygen atoms in total. The van der Waals surface area contributed by atoms with E-state index in [0.29, 0.717) is 11.4 Å². The van der Waals surface area contributed by atoms with E-state index in [1.807, 2.05) is 12.1 Å². The van der Waals surface area contributed by atoms with Gasteiger partial charge in [-0.05, 0) is 24.6 Å². The average Bonchev–Trinajstić information content (AvgIpc) is 2.16. The monoisotopic (exact) mass is 206 g/mol. The summed E-state index contributed by atoms with van der Waals surface area (Å²) in [4.78, 5) is 11.1. The molecule has 4 heteroatoms. The van der Waals surface area contributed by atoms with Crippen molar-refractivity contribution in [1.29, 1.82) is 0 Å². The Balaban J connectivity index is 2.47. The van der Waals surface area contributed by atoms with Gasteiger partial charge in [0.1, 0.15) is 6.61 Å². The van der Waals surface area contributed by atoms with Crippen molar-refractivity contribution < 1.29 is 9.53 Å². The molecule has 0 aliphatic carbocycles. The van der Waals surface area contributed by atoms with Gasteiger partial charge in [-0.3, -0.25) is 0 Å². The molecular weight excluding hydrogens is 192 g/mol. The molecule has 0 aliphatic rings. The van der Waals surface area contributed by atoms with Gasteiger partial charge >= 0.3 is 5.97 Å². The van der Waals surface area contributed by atoms with Crippen LogP contribution in [-0.2, 0) is 16.1 Å². The van der Waals surface area contributed by atoms with Crippen molar-refractivity contribution >= 4 is 11.7 Å². The van der Waals surface area contributed by atoms with Gasteiger partial charge in [-0.1, -0.05) is 12.1 Å². The van der Waals surface area contributed by atoms with Crippen molar-refractivity contribution in [1.82, 2.24) is 0 Å². The summed E-state index contributed by atoms with van der Waals surface area (Å²) in [7, 11) is 0. The Hall–Kier alpha value is -1.97. The number of esters is 1. The van der Waals surface area contributed by atoms with Crippen molar-refractivity contribution in [2.24, 2.45) is 5.73 Å². The van der Waals surface area contributed by atoms with Gasteiger partial charge in [-0.25, -0.2) is 4.79 Å². The zero-order valence-corrected chi connectivity index (χ0v) is 8.57. The molecule has 0 fully saturated rings. The minimum atomic E-state index is -0.438. The Labute approximate surface area is 88.5 Å². The number of ether oxygens (including phenoxy) is 1. The number of hydrogen-bond donors (Lipinski definition) is 2. The Morgan fingerprint density at radius 3 is 2.53 bits per heavy atom. The maximum absolute atomic E-state index is 11.1. The fraction of sp³-hybridized carbons (Fsp3) is 0.182. The van der Waals surface area contributed by atoms with Crippen molar-refractivity contribution in [3.63, 3.8) is 0 Å². The normalized spacial score (nSPS) is 11.1. The van der Waals surface area contributed by atoms with Gasteiger partial charge in [0.05, 0.1) is 0 Å². The van der Waals surface area contributed by atoms with Crippen LogP contribution in [0.25, 0.3) is 0 Å². The van der Waals surface area contributed by atoms with Crippen LogP contribution in [0.2, 0.25) is 0 Å². The number of allylic oxidation sites excluding steroid dienone is 1. The van der Waals surface area contributed by atoms with E-state index in [1.54, 1.807) is 19.1 Å². The maximum Gasteiger partial charge on any atom is 0.332 e. The lowest BCUT2D eigenvalue weighted by Crippen LogP contribution is -2.04. The molecule has 0 amide bonds. The molecule has 4 N–H and O–H groups in total. The molecule has 0 atom stereocenters. The summed E-state index contributed by atoms with van der Waals surface area (Å²) < 4.78 is 4.94. The van der Waals surface area contributed by atoms with Crippen LogP contribution >= 0.6 is 0 Å². The summed E-state index contributed by atoms with van der Waals surface area (Å²) in [5, 5.41) is 0. The number of carbonyl (C=O) groups excluding carboxylic acids is 1. The van der Waals surface area contributed by atoms with E-state index in [1.165, 1.54) is 6.08 Å². The number of anilines is 1. The second-order valence-electron chi connectivity index (χ2n) is 3.24. The van der Waals surface area contributed by atoms with E-state index in [0.717, 1.165) is 5.56 Å². The minimum Gasteiger partial charge on any atom is -0.458 e. The molecule has 0 bridgehead atoms. The molecule has 0 heterocycles. The highest BCUT2D eigenvalue weighted by Gasteiger charge is 1.99. The first-order valence-corrected chi connectivity index (χ1v) is 4.53. The molecule has 15 heavy (non-hydrogen) atoms. The SMILES string of the molecule is C/C(N)=C/C(=O)OCc1ccc(N)cc1. The largest absolute Gasteiger partial charge is 0.458 e. The number of nitrogen functional groups attached to an aromatic ring is 1. The Kier molecular flexibility index (Phi) is 3.74. The zero-order chi connectivity index (χ0) is 11.3. The Bertz CT molecular complexity index is 365. The lowest BCUT2D eigenvalue weighted by molar-refractivity contribution is -0.139. The summed E-state index contributed by atoms with van der Waals surface area (Å²) in [5.41, 5.74) is 12.8. The molecule has 0 aliphatic heterocycles. The lowest BCUT2D eigenvalue weighted by Gasteiger charge is -2.02. The predicted octanol–water partition coefficient (Wildman–Crippen LogP) is 1.17. The molecule has 0 spiro atoms. The van der Waals surface area contributed by atoms with E-state index in [9.17, 15) is 4.79 Å². The smallest absolute Gasteiger partial charge is 0.332 e. The van der Waals surface area contributed by atoms with Gasteiger partial charge in [0, 0.05) is 17.5 Å². The van der Waals surface area contributed by atoms with Crippen LogP contribution in [0.1, 0.15) is 12.5 Å². The Morgan fingerprint density at radius 1 is 1.40 bits per heavy atom. The lowest BCUT2D eigenvalue weighted by atomic mass is 10.2. The number of rotatable bonds is 3. The third-order valence-corrected chi connectivity index (χ3v) is 1.71. The number of nitrogens with two attached hydrogens (primary N) is 2. The van der Waals surface area contributed by atoms with Crippen LogP contribution in [0, 0.1) is 0 Å². The van der Waals surface area contributed by atoms with Crippen LogP contribution in [0.5, 0.6) is 0 Å². The van der Waals surface area contributed by atoms with Crippen LogP contribution in [0.15, 0.2) is 36.0 Å².